The predicted octanol–water partition coefficient (Wildman–Crippen LogP) is 3.20. The molecule has 22 heavy (non-hydrogen) atoms. The van der Waals surface area contributed by atoms with E-state index in [1.54, 1.807) is 7.11 Å². The van der Waals surface area contributed by atoms with Crippen LogP contribution in [-0.4, -0.2) is 38.2 Å². The fraction of sp³-hybridized carbons (Fsp3) is 0.474. The normalized spacial score (nSPS) is 21.0. The van der Waals surface area contributed by atoms with E-state index in [4.69, 9.17) is 4.74 Å². The molecule has 0 spiro atoms. The molecule has 2 aromatic rings. The van der Waals surface area contributed by atoms with E-state index in [9.17, 15) is 0 Å². The second-order valence-corrected chi connectivity index (χ2v) is 6.47. The van der Waals surface area contributed by atoms with E-state index in [0.29, 0.717) is 6.04 Å². The minimum atomic E-state index is 0.568. The van der Waals surface area contributed by atoms with Crippen LogP contribution in [0.1, 0.15) is 24.4 Å². The van der Waals surface area contributed by atoms with Gasteiger partial charge in [-0.1, -0.05) is 30.3 Å². The standard InChI is InChI=1S/C19H24N2O/c1-22-18-9-8-17(15-4-2-3-5-16(15)18)19(14-6-7-14)21-12-10-20-11-13-21/h2-5,8-9,14,19-20H,6-7,10-13H2,1H3/t19-/m1/s1. The van der Waals surface area contributed by atoms with Crippen molar-refractivity contribution in [3.8, 4) is 5.75 Å². The lowest BCUT2D eigenvalue weighted by Gasteiger charge is -2.36. The summed E-state index contributed by atoms with van der Waals surface area (Å²) in [6.07, 6.45) is 2.74. The lowest BCUT2D eigenvalue weighted by molar-refractivity contribution is 0.157. The summed E-state index contributed by atoms with van der Waals surface area (Å²) in [5.74, 6) is 1.81. The fourth-order valence-electron chi connectivity index (χ4n) is 3.85. The summed E-state index contributed by atoms with van der Waals surface area (Å²) in [4.78, 5) is 2.68. The van der Waals surface area contributed by atoms with E-state index >= 15 is 0 Å². The molecule has 1 aliphatic carbocycles. The monoisotopic (exact) mass is 296 g/mol. The molecule has 1 heterocycles. The smallest absolute Gasteiger partial charge is 0.126 e. The number of nitrogens with zero attached hydrogens (tertiary/aromatic N) is 1. The minimum Gasteiger partial charge on any atom is -0.496 e. The van der Waals surface area contributed by atoms with Gasteiger partial charge < -0.3 is 10.1 Å². The van der Waals surface area contributed by atoms with E-state index in [2.05, 4.69) is 46.6 Å². The summed E-state index contributed by atoms with van der Waals surface area (Å²) < 4.78 is 5.56. The second-order valence-electron chi connectivity index (χ2n) is 6.47. The first-order chi connectivity index (χ1) is 10.9. The Bertz CT molecular complexity index is 660. The summed E-state index contributed by atoms with van der Waals surface area (Å²) in [5.41, 5.74) is 1.49. The molecule has 1 saturated heterocycles. The first-order valence-electron chi connectivity index (χ1n) is 8.39. The minimum absolute atomic E-state index is 0.568. The van der Waals surface area contributed by atoms with Crippen molar-refractivity contribution in [3.63, 3.8) is 0 Å². The van der Waals surface area contributed by atoms with Crippen LogP contribution in [0.15, 0.2) is 36.4 Å². The lowest BCUT2D eigenvalue weighted by atomic mass is 9.93. The van der Waals surface area contributed by atoms with Crippen molar-refractivity contribution in [2.24, 2.45) is 5.92 Å². The number of ether oxygens (including phenoxy) is 1. The van der Waals surface area contributed by atoms with E-state index in [-0.39, 0.29) is 0 Å². The zero-order valence-electron chi connectivity index (χ0n) is 13.2. The molecule has 4 rings (SSSR count). The summed E-state index contributed by atoms with van der Waals surface area (Å²) in [5, 5.41) is 6.07. The van der Waals surface area contributed by atoms with E-state index < -0.39 is 0 Å². The number of rotatable bonds is 4. The number of hydrogen-bond acceptors (Lipinski definition) is 3. The average molecular weight is 296 g/mol. The van der Waals surface area contributed by atoms with Gasteiger partial charge in [0, 0.05) is 37.6 Å². The average Bonchev–Trinajstić information content (AvgIpc) is 3.41. The molecule has 0 amide bonds. The molecule has 1 saturated carbocycles. The van der Waals surface area contributed by atoms with Crippen molar-refractivity contribution in [3.05, 3.63) is 42.0 Å². The first kappa shape index (κ1) is 14.0. The third kappa shape index (κ3) is 2.49. The van der Waals surface area contributed by atoms with Gasteiger partial charge in [0.1, 0.15) is 5.75 Å². The van der Waals surface area contributed by atoms with Crippen LogP contribution in [0.2, 0.25) is 0 Å². The molecule has 1 N–H and O–H groups in total. The van der Waals surface area contributed by atoms with Crippen molar-refractivity contribution in [2.75, 3.05) is 33.3 Å². The zero-order chi connectivity index (χ0) is 14.9. The Morgan fingerprint density at radius 3 is 2.45 bits per heavy atom. The highest BCUT2D eigenvalue weighted by Crippen LogP contribution is 2.47. The number of methoxy groups -OCH3 is 1. The predicted molar refractivity (Wildman–Crippen MR) is 90.4 cm³/mol. The van der Waals surface area contributed by atoms with Gasteiger partial charge in [0.05, 0.1) is 7.11 Å². The number of fused-ring (bicyclic) bond motifs is 1. The van der Waals surface area contributed by atoms with Gasteiger partial charge in [0.2, 0.25) is 0 Å². The Morgan fingerprint density at radius 2 is 1.77 bits per heavy atom. The van der Waals surface area contributed by atoms with E-state index in [1.807, 2.05) is 0 Å². The Kier molecular flexibility index (Phi) is 3.77. The van der Waals surface area contributed by atoms with Crippen LogP contribution in [-0.2, 0) is 0 Å². The van der Waals surface area contributed by atoms with E-state index in [0.717, 1.165) is 37.8 Å². The SMILES string of the molecule is COc1ccc([C@@H](C2CC2)N2CCNCC2)c2ccccc12. The molecule has 2 aromatic carbocycles. The lowest BCUT2D eigenvalue weighted by Crippen LogP contribution is -2.45. The van der Waals surface area contributed by atoms with Gasteiger partial charge in [-0.3, -0.25) is 4.90 Å². The fourth-order valence-corrected chi connectivity index (χ4v) is 3.85. The van der Waals surface area contributed by atoms with Gasteiger partial charge in [-0.25, -0.2) is 0 Å². The van der Waals surface area contributed by atoms with Crippen molar-refractivity contribution >= 4 is 10.8 Å². The Morgan fingerprint density at radius 1 is 1.05 bits per heavy atom. The largest absolute Gasteiger partial charge is 0.496 e. The maximum Gasteiger partial charge on any atom is 0.126 e. The third-order valence-electron chi connectivity index (χ3n) is 5.07. The molecule has 0 bridgehead atoms. The van der Waals surface area contributed by atoms with Crippen molar-refractivity contribution < 1.29 is 4.74 Å². The van der Waals surface area contributed by atoms with Crippen LogP contribution >= 0.6 is 0 Å². The molecule has 0 radical (unpaired) electrons. The quantitative estimate of drug-likeness (QED) is 0.937. The van der Waals surface area contributed by atoms with Gasteiger partial charge in [-0.2, -0.15) is 0 Å². The first-order valence-corrected chi connectivity index (χ1v) is 8.39. The van der Waals surface area contributed by atoms with Crippen LogP contribution in [0.5, 0.6) is 5.75 Å². The molecule has 2 fully saturated rings. The number of piperazine rings is 1. The Hall–Kier alpha value is -1.58. The highest BCUT2D eigenvalue weighted by atomic mass is 16.5. The van der Waals surface area contributed by atoms with Gasteiger partial charge in [0.15, 0.2) is 0 Å². The Balaban J connectivity index is 1.80. The Labute approximate surface area is 132 Å². The molecule has 116 valence electrons. The molecular formula is C19H24N2O. The molecule has 0 aromatic heterocycles. The molecular weight excluding hydrogens is 272 g/mol. The summed E-state index contributed by atoms with van der Waals surface area (Å²) in [6, 6.07) is 13.7. The van der Waals surface area contributed by atoms with Crippen molar-refractivity contribution in [1.29, 1.82) is 0 Å². The van der Waals surface area contributed by atoms with Crippen LogP contribution in [0.3, 0.4) is 0 Å². The summed E-state index contributed by atoms with van der Waals surface area (Å²) in [6.45, 7) is 4.53. The maximum absolute atomic E-state index is 5.56. The summed E-state index contributed by atoms with van der Waals surface area (Å²) >= 11 is 0. The molecule has 2 aliphatic rings. The zero-order valence-corrected chi connectivity index (χ0v) is 13.2. The third-order valence-corrected chi connectivity index (χ3v) is 5.07. The molecule has 3 nitrogen and oxygen atoms in total. The highest BCUT2D eigenvalue weighted by Gasteiger charge is 2.37. The molecule has 0 unspecified atom stereocenters. The van der Waals surface area contributed by atoms with E-state index in [1.165, 1.54) is 29.2 Å². The highest BCUT2D eigenvalue weighted by molar-refractivity contribution is 5.91. The van der Waals surface area contributed by atoms with Crippen molar-refractivity contribution in [2.45, 2.75) is 18.9 Å². The molecule has 1 aliphatic heterocycles. The molecule has 3 heteroatoms. The van der Waals surface area contributed by atoms with Gasteiger partial charge >= 0.3 is 0 Å². The topological polar surface area (TPSA) is 24.5 Å². The number of benzene rings is 2. The number of nitrogens with one attached hydrogen (secondary N) is 1. The van der Waals surface area contributed by atoms with Gasteiger partial charge in [-0.15, -0.1) is 0 Å². The van der Waals surface area contributed by atoms with Crippen molar-refractivity contribution in [1.82, 2.24) is 10.2 Å². The van der Waals surface area contributed by atoms with Crippen LogP contribution in [0, 0.1) is 5.92 Å². The second kappa shape index (κ2) is 5.90. The summed E-state index contributed by atoms with van der Waals surface area (Å²) in [7, 11) is 1.76. The van der Waals surface area contributed by atoms with Crippen LogP contribution in [0.25, 0.3) is 10.8 Å². The van der Waals surface area contributed by atoms with Crippen LogP contribution in [0.4, 0.5) is 0 Å². The number of hydrogen-bond donors (Lipinski definition) is 1. The maximum atomic E-state index is 5.56. The van der Waals surface area contributed by atoms with Gasteiger partial charge in [-0.05, 0) is 35.8 Å². The molecule has 1 atom stereocenters. The van der Waals surface area contributed by atoms with Gasteiger partial charge in [0.25, 0.3) is 0 Å². The van der Waals surface area contributed by atoms with Crippen LogP contribution < -0.4 is 10.1 Å².